The minimum absolute atomic E-state index is 0.116. The summed E-state index contributed by atoms with van der Waals surface area (Å²) in [5.74, 6) is -0.895. The molecule has 1 aromatic heterocycles. The Morgan fingerprint density at radius 1 is 0.964 bits per heavy atom. The molecule has 3 aromatic rings. The highest BCUT2D eigenvalue weighted by molar-refractivity contribution is 7.17. The van der Waals surface area contributed by atoms with Crippen LogP contribution in [0.2, 0.25) is 0 Å². The molecule has 1 heterocycles. The van der Waals surface area contributed by atoms with Gasteiger partial charge in [0.25, 0.3) is 5.91 Å². The molecule has 0 spiro atoms. The first-order chi connectivity index (χ1) is 13.3. The summed E-state index contributed by atoms with van der Waals surface area (Å²) in [6, 6.07) is 13.6. The molecule has 144 valence electrons. The topological polar surface area (TPSA) is 58.2 Å². The van der Waals surface area contributed by atoms with Crippen LogP contribution in [0.25, 0.3) is 10.4 Å². The van der Waals surface area contributed by atoms with Gasteiger partial charge in [-0.3, -0.25) is 9.59 Å². The minimum atomic E-state index is -0.314. The molecule has 0 fully saturated rings. The van der Waals surface area contributed by atoms with Gasteiger partial charge < -0.3 is 10.6 Å². The van der Waals surface area contributed by atoms with Gasteiger partial charge >= 0.3 is 0 Å². The maximum Gasteiger partial charge on any atom is 0.261 e. The van der Waals surface area contributed by atoms with Gasteiger partial charge in [-0.2, -0.15) is 0 Å². The molecule has 2 amide bonds. The Hall–Kier alpha value is -2.99. The van der Waals surface area contributed by atoms with Gasteiger partial charge in [-0.15, -0.1) is 11.3 Å². The van der Waals surface area contributed by atoms with Crippen LogP contribution in [0, 0.1) is 26.6 Å². The molecule has 0 atom stereocenters. The van der Waals surface area contributed by atoms with Crippen LogP contribution in [-0.4, -0.2) is 18.4 Å². The summed E-state index contributed by atoms with van der Waals surface area (Å²) >= 11 is 1.30. The van der Waals surface area contributed by atoms with Crippen LogP contribution >= 0.6 is 11.3 Å². The molecule has 0 aliphatic rings. The van der Waals surface area contributed by atoms with Gasteiger partial charge in [-0.1, -0.05) is 29.8 Å². The first-order valence-electron chi connectivity index (χ1n) is 8.85. The normalized spacial score (nSPS) is 10.6. The standard InChI is InChI=1S/C22H21FN2O2S/c1-13-10-14(2)21(15(3)11-13)25-20(26)12-24-22(27)19-9-8-18(28-19)16-4-6-17(23)7-5-16/h4-11H,12H2,1-3H3,(H,24,27)(H,25,26). The number of nitrogens with one attached hydrogen (secondary N) is 2. The summed E-state index contributed by atoms with van der Waals surface area (Å²) in [5, 5.41) is 5.51. The number of amides is 2. The molecule has 3 rings (SSSR count). The highest BCUT2D eigenvalue weighted by Gasteiger charge is 2.13. The van der Waals surface area contributed by atoms with Crippen molar-refractivity contribution >= 4 is 28.8 Å². The van der Waals surface area contributed by atoms with E-state index in [1.165, 1.54) is 23.5 Å². The number of rotatable bonds is 5. The zero-order valence-corrected chi connectivity index (χ0v) is 16.7. The van der Waals surface area contributed by atoms with Gasteiger partial charge in [0.05, 0.1) is 11.4 Å². The SMILES string of the molecule is Cc1cc(C)c(NC(=O)CNC(=O)c2ccc(-c3ccc(F)cc3)s2)c(C)c1. The molecule has 0 saturated carbocycles. The van der Waals surface area contributed by atoms with Crippen molar-refractivity contribution in [3.63, 3.8) is 0 Å². The van der Waals surface area contributed by atoms with Crippen LogP contribution in [0.3, 0.4) is 0 Å². The fraction of sp³-hybridized carbons (Fsp3) is 0.182. The molecule has 0 bridgehead atoms. The second-order valence-electron chi connectivity index (χ2n) is 6.68. The number of thiophene rings is 1. The van der Waals surface area contributed by atoms with Crippen molar-refractivity contribution in [2.24, 2.45) is 0 Å². The van der Waals surface area contributed by atoms with Crippen LogP contribution in [0.1, 0.15) is 26.4 Å². The fourth-order valence-corrected chi connectivity index (χ4v) is 3.97. The molecule has 0 aliphatic carbocycles. The quantitative estimate of drug-likeness (QED) is 0.648. The molecular weight excluding hydrogens is 375 g/mol. The zero-order valence-electron chi connectivity index (χ0n) is 15.9. The number of anilines is 1. The number of benzene rings is 2. The molecule has 4 nitrogen and oxygen atoms in total. The van der Waals surface area contributed by atoms with Crippen molar-refractivity contribution in [1.82, 2.24) is 5.32 Å². The largest absolute Gasteiger partial charge is 0.342 e. The van der Waals surface area contributed by atoms with Crippen LogP contribution < -0.4 is 10.6 Å². The third-order valence-corrected chi connectivity index (χ3v) is 5.44. The van der Waals surface area contributed by atoms with Crippen LogP contribution in [-0.2, 0) is 4.79 Å². The number of carbonyl (C=O) groups is 2. The number of carbonyl (C=O) groups excluding carboxylic acids is 2. The van der Waals surface area contributed by atoms with E-state index in [1.807, 2.05) is 39.0 Å². The summed E-state index contributed by atoms with van der Waals surface area (Å²) in [7, 11) is 0. The van der Waals surface area contributed by atoms with E-state index in [1.54, 1.807) is 18.2 Å². The van der Waals surface area contributed by atoms with E-state index in [9.17, 15) is 14.0 Å². The van der Waals surface area contributed by atoms with Crippen molar-refractivity contribution in [3.8, 4) is 10.4 Å². The lowest BCUT2D eigenvalue weighted by atomic mass is 10.1. The lowest BCUT2D eigenvalue weighted by Gasteiger charge is -2.13. The van der Waals surface area contributed by atoms with Gasteiger partial charge in [0, 0.05) is 10.6 Å². The summed E-state index contributed by atoms with van der Waals surface area (Å²) in [5.41, 5.74) is 4.72. The monoisotopic (exact) mass is 396 g/mol. The van der Waals surface area contributed by atoms with E-state index in [0.717, 1.165) is 32.8 Å². The van der Waals surface area contributed by atoms with Crippen molar-refractivity contribution in [1.29, 1.82) is 0 Å². The van der Waals surface area contributed by atoms with E-state index in [4.69, 9.17) is 0 Å². The molecule has 6 heteroatoms. The van der Waals surface area contributed by atoms with E-state index in [0.29, 0.717) is 4.88 Å². The predicted octanol–water partition coefficient (Wildman–Crippen LogP) is 4.85. The second-order valence-corrected chi connectivity index (χ2v) is 7.76. The molecule has 2 N–H and O–H groups in total. The average Bonchev–Trinajstić information content (AvgIpc) is 3.13. The van der Waals surface area contributed by atoms with E-state index in [2.05, 4.69) is 10.6 Å². The van der Waals surface area contributed by atoms with Gasteiger partial charge in [0.2, 0.25) is 5.91 Å². The summed E-state index contributed by atoms with van der Waals surface area (Å²) in [6.07, 6.45) is 0. The van der Waals surface area contributed by atoms with Crippen LogP contribution in [0.15, 0.2) is 48.5 Å². The number of halogens is 1. The molecule has 0 saturated heterocycles. The highest BCUT2D eigenvalue weighted by Crippen LogP contribution is 2.28. The maximum atomic E-state index is 13.0. The van der Waals surface area contributed by atoms with Gasteiger partial charge in [-0.25, -0.2) is 4.39 Å². The van der Waals surface area contributed by atoms with Crippen molar-refractivity contribution in [3.05, 3.63) is 75.9 Å². The zero-order chi connectivity index (χ0) is 20.3. The summed E-state index contributed by atoms with van der Waals surface area (Å²) < 4.78 is 13.0. The molecular formula is C22H21FN2O2S. The molecule has 28 heavy (non-hydrogen) atoms. The van der Waals surface area contributed by atoms with Crippen LogP contribution in [0.4, 0.5) is 10.1 Å². The molecule has 0 radical (unpaired) electrons. The Kier molecular flexibility index (Phi) is 5.90. The Morgan fingerprint density at radius 2 is 1.61 bits per heavy atom. The number of hydrogen-bond donors (Lipinski definition) is 2. The molecule has 2 aromatic carbocycles. The number of hydrogen-bond acceptors (Lipinski definition) is 3. The van der Waals surface area contributed by atoms with Crippen molar-refractivity contribution in [2.45, 2.75) is 20.8 Å². The van der Waals surface area contributed by atoms with E-state index in [-0.39, 0.29) is 24.2 Å². The van der Waals surface area contributed by atoms with Gasteiger partial charge in [0.15, 0.2) is 0 Å². The van der Waals surface area contributed by atoms with E-state index >= 15 is 0 Å². The predicted molar refractivity (Wildman–Crippen MR) is 111 cm³/mol. The third-order valence-electron chi connectivity index (χ3n) is 4.31. The van der Waals surface area contributed by atoms with Crippen molar-refractivity contribution in [2.75, 3.05) is 11.9 Å². The Labute approximate surface area is 167 Å². The first kappa shape index (κ1) is 19.8. The molecule has 0 aliphatic heterocycles. The Balaban J connectivity index is 1.60. The summed E-state index contributed by atoms with van der Waals surface area (Å²) in [4.78, 5) is 25.9. The average molecular weight is 396 g/mol. The Morgan fingerprint density at radius 3 is 2.25 bits per heavy atom. The second kappa shape index (κ2) is 8.35. The lowest BCUT2D eigenvalue weighted by molar-refractivity contribution is -0.115. The van der Waals surface area contributed by atoms with Gasteiger partial charge in [0.1, 0.15) is 5.82 Å². The highest BCUT2D eigenvalue weighted by atomic mass is 32.1. The van der Waals surface area contributed by atoms with Crippen molar-refractivity contribution < 1.29 is 14.0 Å². The number of aryl methyl sites for hydroxylation is 3. The maximum absolute atomic E-state index is 13.0. The molecule has 0 unspecified atom stereocenters. The summed E-state index contributed by atoms with van der Waals surface area (Å²) in [6.45, 7) is 5.77. The third kappa shape index (κ3) is 4.64. The fourth-order valence-electron chi connectivity index (χ4n) is 3.04. The van der Waals surface area contributed by atoms with E-state index < -0.39 is 0 Å². The Bertz CT molecular complexity index is 1000. The first-order valence-corrected chi connectivity index (χ1v) is 9.67. The van der Waals surface area contributed by atoms with Crippen LogP contribution in [0.5, 0.6) is 0 Å². The minimum Gasteiger partial charge on any atom is -0.342 e. The smallest absolute Gasteiger partial charge is 0.261 e. The lowest BCUT2D eigenvalue weighted by Crippen LogP contribution is -2.32. The van der Waals surface area contributed by atoms with Gasteiger partial charge in [-0.05, 0) is 61.7 Å².